The molecule has 6 nitrogen and oxygen atoms in total. The van der Waals surface area contributed by atoms with Crippen LogP contribution in [0.3, 0.4) is 0 Å². The summed E-state index contributed by atoms with van der Waals surface area (Å²) in [7, 11) is -1.24. The van der Waals surface area contributed by atoms with Gasteiger partial charge in [-0.15, -0.1) is 0 Å². The van der Waals surface area contributed by atoms with Gasteiger partial charge in [0, 0.05) is 28.9 Å². The molecule has 0 aromatic heterocycles. The molecular weight excluding hydrogens is 289 g/mol. The van der Waals surface area contributed by atoms with Crippen molar-refractivity contribution in [1.29, 1.82) is 0 Å². The highest BCUT2D eigenvalue weighted by molar-refractivity contribution is 7.84. The fraction of sp³-hybridized carbons (Fsp3) is 0.778. The first-order chi connectivity index (χ1) is 8.53. The minimum Gasteiger partial charge on any atom is -0.480 e. The predicted molar refractivity (Wildman–Crippen MR) is 62.2 cm³/mol. The topological polar surface area (TPSA) is 86.7 Å². The van der Waals surface area contributed by atoms with E-state index in [1.807, 2.05) is 0 Å². The Morgan fingerprint density at radius 2 is 1.95 bits per heavy atom. The van der Waals surface area contributed by atoms with Crippen molar-refractivity contribution in [3.63, 3.8) is 0 Å². The molecule has 2 unspecified atom stereocenters. The van der Waals surface area contributed by atoms with Crippen LogP contribution in [0.15, 0.2) is 0 Å². The molecule has 0 rings (SSSR count). The summed E-state index contributed by atoms with van der Waals surface area (Å²) in [6.45, 7) is -1.28. The SMILES string of the molecule is CC(CNC(=O)N(CC(=O)O)CC(F)(F)F)S(C)=O. The maximum Gasteiger partial charge on any atom is 0.406 e. The molecule has 0 saturated heterocycles. The van der Waals surface area contributed by atoms with E-state index in [0.717, 1.165) is 0 Å². The van der Waals surface area contributed by atoms with Crippen LogP contribution in [0.1, 0.15) is 6.92 Å². The van der Waals surface area contributed by atoms with Crippen molar-refractivity contribution < 1.29 is 32.1 Å². The number of hydrogen-bond acceptors (Lipinski definition) is 3. The smallest absolute Gasteiger partial charge is 0.406 e. The van der Waals surface area contributed by atoms with Gasteiger partial charge in [0.1, 0.15) is 13.1 Å². The van der Waals surface area contributed by atoms with Gasteiger partial charge in [-0.3, -0.25) is 9.00 Å². The van der Waals surface area contributed by atoms with Crippen LogP contribution in [0, 0.1) is 0 Å². The summed E-state index contributed by atoms with van der Waals surface area (Å²) in [5, 5.41) is 10.1. The number of carbonyl (C=O) groups is 2. The monoisotopic (exact) mass is 304 g/mol. The number of carboxylic acids is 1. The molecular formula is C9H15F3N2O4S. The van der Waals surface area contributed by atoms with Crippen molar-refractivity contribution in [2.24, 2.45) is 0 Å². The third kappa shape index (κ3) is 8.41. The van der Waals surface area contributed by atoms with Gasteiger partial charge >= 0.3 is 18.2 Å². The quantitative estimate of drug-likeness (QED) is 0.744. The number of urea groups is 1. The van der Waals surface area contributed by atoms with Gasteiger partial charge in [0.15, 0.2) is 0 Å². The molecule has 112 valence electrons. The Balaban J connectivity index is 4.54. The average molecular weight is 304 g/mol. The van der Waals surface area contributed by atoms with Crippen LogP contribution in [0.25, 0.3) is 0 Å². The Labute approximate surface area is 110 Å². The maximum absolute atomic E-state index is 12.2. The Morgan fingerprint density at radius 3 is 2.32 bits per heavy atom. The fourth-order valence-corrected chi connectivity index (χ4v) is 1.36. The number of amides is 2. The lowest BCUT2D eigenvalue weighted by atomic mass is 10.4. The Hall–Kier alpha value is -1.32. The molecule has 0 saturated carbocycles. The van der Waals surface area contributed by atoms with E-state index < -0.39 is 47.3 Å². The van der Waals surface area contributed by atoms with Gasteiger partial charge in [0.05, 0.1) is 0 Å². The van der Waals surface area contributed by atoms with E-state index in [-0.39, 0.29) is 11.4 Å². The predicted octanol–water partition coefficient (Wildman–Crippen LogP) is 0.412. The molecule has 10 heteroatoms. The number of carboxylic acid groups (broad SMARTS) is 1. The van der Waals surface area contributed by atoms with Gasteiger partial charge < -0.3 is 15.3 Å². The van der Waals surface area contributed by atoms with E-state index in [1.54, 1.807) is 6.92 Å². The van der Waals surface area contributed by atoms with E-state index in [0.29, 0.717) is 0 Å². The van der Waals surface area contributed by atoms with E-state index in [2.05, 4.69) is 5.32 Å². The first kappa shape index (κ1) is 17.7. The van der Waals surface area contributed by atoms with Crippen molar-refractivity contribution in [2.45, 2.75) is 18.3 Å². The molecule has 0 radical (unpaired) electrons. The molecule has 0 bridgehead atoms. The second-order valence-electron chi connectivity index (χ2n) is 3.86. The first-order valence-electron chi connectivity index (χ1n) is 5.16. The summed E-state index contributed by atoms with van der Waals surface area (Å²) >= 11 is 0. The molecule has 0 aromatic rings. The maximum atomic E-state index is 12.2. The van der Waals surface area contributed by atoms with Crippen LogP contribution in [0.5, 0.6) is 0 Å². The van der Waals surface area contributed by atoms with E-state index in [4.69, 9.17) is 5.11 Å². The Bertz CT molecular complexity index is 362. The number of nitrogens with one attached hydrogen (secondary N) is 1. The molecule has 2 N–H and O–H groups in total. The first-order valence-corrected chi connectivity index (χ1v) is 6.78. The second kappa shape index (κ2) is 7.31. The molecule has 0 heterocycles. The van der Waals surface area contributed by atoms with E-state index in [9.17, 15) is 27.0 Å². The van der Waals surface area contributed by atoms with E-state index >= 15 is 0 Å². The number of aliphatic carboxylic acids is 1. The summed E-state index contributed by atoms with van der Waals surface area (Å²) in [5.74, 6) is -1.55. The molecule has 0 aromatic carbocycles. The van der Waals surface area contributed by atoms with Crippen LogP contribution >= 0.6 is 0 Å². The van der Waals surface area contributed by atoms with Crippen molar-refractivity contribution in [3.8, 4) is 0 Å². The van der Waals surface area contributed by atoms with Crippen molar-refractivity contribution in [2.75, 3.05) is 25.9 Å². The molecule has 0 fully saturated rings. The molecule has 2 amide bonds. The molecule has 0 aliphatic heterocycles. The van der Waals surface area contributed by atoms with Crippen LogP contribution < -0.4 is 5.32 Å². The third-order valence-electron chi connectivity index (χ3n) is 2.09. The summed E-state index contributed by atoms with van der Waals surface area (Å²) < 4.78 is 47.5. The number of carbonyl (C=O) groups excluding carboxylic acids is 1. The Morgan fingerprint density at radius 1 is 1.42 bits per heavy atom. The van der Waals surface area contributed by atoms with Gasteiger partial charge in [0.2, 0.25) is 0 Å². The van der Waals surface area contributed by atoms with Crippen molar-refractivity contribution in [3.05, 3.63) is 0 Å². The zero-order valence-electron chi connectivity index (χ0n) is 10.4. The summed E-state index contributed by atoms with van der Waals surface area (Å²) in [6, 6.07) is -1.16. The highest BCUT2D eigenvalue weighted by atomic mass is 32.2. The molecule has 2 atom stereocenters. The lowest BCUT2D eigenvalue weighted by Crippen LogP contribution is -2.48. The minimum atomic E-state index is -4.69. The molecule has 0 aliphatic rings. The number of hydrogen-bond donors (Lipinski definition) is 2. The third-order valence-corrected chi connectivity index (χ3v) is 3.39. The van der Waals surface area contributed by atoms with Crippen LogP contribution in [0.4, 0.5) is 18.0 Å². The number of nitrogens with zero attached hydrogens (tertiary/aromatic N) is 1. The summed E-state index contributed by atoms with van der Waals surface area (Å²) in [4.78, 5) is 22.0. The lowest BCUT2D eigenvalue weighted by molar-refractivity contribution is -0.148. The number of alkyl halides is 3. The van der Waals surface area contributed by atoms with Gasteiger partial charge in [-0.2, -0.15) is 13.2 Å². The zero-order valence-corrected chi connectivity index (χ0v) is 11.2. The van der Waals surface area contributed by atoms with Crippen molar-refractivity contribution in [1.82, 2.24) is 10.2 Å². The fourth-order valence-electron chi connectivity index (χ4n) is 1.04. The Kier molecular flexibility index (Phi) is 6.81. The zero-order chi connectivity index (χ0) is 15.2. The highest BCUT2D eigenvalue weighted by Gasteiger charge is 2.34. The number of rotatable bonds is 6. The normalized spacial score (nSPS) is 14.6. The number of halogens is 3. The average Bonchev–Trinajstić information content (AvgIpc) is 2.21. The van der Waals surface area contributed by atoms with Crippen LogP contribution in [-0.4, -0.2) is 63.5 Å². The molecule has 0 aliphatic carbocycles. The second-order valence-corrected chi connectivity index (χ2v) is 5.66. The van der Waals surface area contributed by atoms with Gasteiger partial charge in [-0.1, -0.05) is 0 Å². The van der Waals surface area contributed by atoms with Gasteiger partial charge in [0.25, 0.3) is 0 Å². The lowest BCUT2D eigenvalue weighted by Gasteiger charge is -2.23. The largest absolute Gasteiger partial charge is 0.480 e. The molecule has 0 spiro atoms. The summed E-state index contributed by atoms with van der Waals surface area (Å²) in [5.41, 5.74) is 0. The standard InChI is InChI=1S/C9H15F3N2O4S/c1-6(19(2)18)3-13-8(17)14(4-7(15)16)5-9(10,11)12/h6H,3-5H2,1-2H3,(H,13,17)(H,15,16). The summed E-state index contributed by atoms with van der Waals surface area (Å²) in [6.07, 6.45) is -3.30. The minimum absolute atomic E-state index is 0.101. The van der Waals surface area contributed by atoms with Crippen molar-refractivity contribution >= 4 is 22.8 Å². The van der Waals surface area contributed by atoms with Gasteiger partial charge in [-0.05, 0) is 6.92 Å². The van der Waals surface area contributed by atoms with E-state index in [1.165, 1.54) is 6.26 Å². The molecule has 19 heavy (non-hydrogen) atoms. The highest BCUT2D eigenvalue weighted by Crippen LogP contribution is 2.16. The van der Waals surface area contributed by atoms with Crippen LogP contribution in [0.2, 0.25) is 0 Å². The van der Waals surface area contributed by atoms with Gasteiger partial charge in [-0.25, -0.2) is 4.79 Å². The van der Waals surface area contributed by atoms with Crippen LogP contribution in [-0.2, 0) is 15.6 Å².